The van der Waals surface area contributed by atoms with Crippen molar-refractivity contribution in [3.63, 3.8) is 0 Å². The second-order valence-electron chi connectivity index (χ2n) is 18.8. The van der Waals surface area contributed by atoms with Crippen LogP contribution in [0.15, 0.2) is 60.7 Å². The van der Waals surface area contributed by atoms with Gasteiger partial charge in [0.1, 0.15) is 6.04 Å². The van der Waals surface area contributed by atoms with Gasteiger partial charge in [-0.1, -0.05) is 0 Å². The first kappa shape index (κ1) is 45.2. The van der Waals surface area contributed by atoms with E-state index in [0.717, 1.165) is 119 Å². The molecule has 0 radical (unpaired) electrons. The molecule has 0 bridgehead atoms. The quantitative estimate of drug-likeness (QED) is 0.245. The molecular formula is C49H56F3N9O5. The summed E-state index contributed by atoms with van der Waals surface area (Å²) < 4.78 is 40.5. The molecule has 348 valence electrons. The fourth-order valence-electron chi connectivity index (χ4n) is 10.7. The second kappa shape index (κ2) is 19.1. The van der Waals surface area contributed by atoms with Crippen molar-refractivity contribution in [2.75, 3.05) is 98.6 Å². The monoisotopic (exact) mass is 907 g/mol. The Hall–Kier alpha value is -5.99. The molecule has 1 unspecified atom stereocenters. The fraction of sp³-hybridized carbons (Fsp3) is 0.510. The summed E-state index contributed by atoms with van der Waals surface area (Å²) in [5, 5.41) is 14.4. The number of piperazine rings is 1. The van der Waals surface area contributed by atoms with Crippen molar-refractivity contribution in [1.29, 1.82) is 5.26 Å². The Morgan fingerprint density at radius 2 is 1.17 bits per heavy atom. The lowest BCUT2D eigenvalue weighted by atomic mass is 9.94. The molecule has 3 aromatic rings. The number of anilines is 4. The van der Waals surface area contributed by atoms with Crippen molar-refractivity contribution >= 4 is 52.3 Å². The molecule has 5 saturated heterocycles. The van der Waals surface area contributed by atoms with Gasteiger partial charge in [-0.05, 0) is 117 Å². The van der Waals surface area contributed by atoms with E-state index < -0.39 is 47.0 Å². The Bertz CT molecular complexity index is 2370. The predicted molar refractivity (Wildman–Crippen MR) is 242 cm³/mol. The van der Waals surface area contributed by atoms with Gasteiger partial charge in [-0.3, -0.25) is 34.2 Å². The summed E-state index contributed by atoms with van der Waals surface area (Å²) in [5.74, 6) is -1.04. The van der Waals surface area contributed by atoms with Gasteiger partial charge in [-0.2, -0.15) is 18.4 Å². The van der Waals surface area contributed by atoms with E-state index in [0.29, 0.717) is 54.6 Å². The highest BCUT2D eigenvalue weighted by Crippen LogP contribution is 2.36. The summed E-state index contributed by atoms with van der Waals surface area (Å²) in [6, 6.07) is 17.8. The molecule has 1 atom stereocenters. The number of carbonyl (C=O) groups is 5. The van der Waals surface area contributed by atoms with Crippen molar-refractivity contribution in [1.82, 2.24) is 20.0 Å². The standard InChI is InChI=1S/C49H56F3N9O5/c50-49(51,52)42-28-39(4-1-35(42)29-53)60-21-15-34(16-22-60)45(63)54-36-2-5-37(6-3-36)58-17-11-32(12-18-58)30-56-23-25-57(26-24-56)31-33-13-19-59(20-14-33)38-7-8-40-41(27-38)48(66)61(47(40)65)43-9-10-44(62)55-46(43)64/h1-8,27-28,32-34,43H,9-26,30-31H2,(H,54,63)(H,55,62,64). The van der Waals surface area contributed by atoms with Crippen LogP contribution in [0, 0.1) is 29.1 Å². The summed E-state index contributed by atoms with van der Waals surface area (Å²) in [6.07, 6.45) is 1.01. The average molecular weight is 908 g/mol. The zero-order valence-electron chi connectivity index (χ0n) is 37.0. The van der Waals surface area contributed by atoms with Crippen LogP contribution in [0.4, 0.5) is 35.9 Å². The minimum absolute atomic E-state index is 0.0851. The molecule has 6 aliphatic rings. The Morgan fingerprint density at radius 1 is 0.652 bits per heavy atom. The van der Waals surface area contributed by atoms with Gasteiger partial charge in [-0.15, -0.1) is 0 Å². The summed E-state index contributed by atoms with van der Waals surface area (Å²) >= 11 is 0. The van der Waals surface area contributed by atoms with Gasteiger partial charge in [-0.25, -0.2) is 0 Å². The Kier molecular flexibility index (Phi) is 13.1. The third kappa shape index (κ3) is 9.76. The molecule has 5 amide bonds. The van der Waals surface area contributed by atoms with E-state index in [9.17, 15) is 37.1 Å². The largest absolute Gasteiger partial charge is 0.417 e. The normalized spacial score (nSPS) is 22.1. The van der Waals surface area contributed by atoms with E-state index in [-0.39, 0.29) is 24.7 Å². The van der Waals surface area contributed by atoms with Crippen molar-refractivity contribution in [2.45, 2.75) is 63.6 Å². The smallest absolute Gasteiger partial charge is 0.372 e. The van der Waals surface area contributed by atoms with Crippen molar-refractivity contribution in [3.8, 4) is 6.07 Å². The maximum absolute atomic E-state index is 13.5. The molecule has 66 heavy (non-hydrogen) atoms. The molecule has 6 heterocycles. The number of alkyl halides is 3. The van der Waals surface area contributed by atoms with Gasteiger partial charge in [0, 0.05) is 114 Å². The molecule has 5 fully saturated rings. The molecule has 3 aromatic carbocycles. The van der Waals surface area contributed by atoms with E-state index in [2.05, 4.69) is 42.4 Å². The fourth-order valence-corrected chi connectivity index (χ4v) is 10.7. The van der Waals surface area contributed by atoms with Crippen molar-refractivity contribution in [2.24, 2.45) is 17.8 Å². The number of fused-ring (bicyclic) bond motifs is 1. The number of benzene rings is 3. The molecule has 0 saturated carbocycles. The number of imide groups is 2. The number of hydrogen-bond donors (Lipinski definition) is 2. The molecule has 0 aliphatic carbocycles. The summed E-state index contributed by atoms with van der Waals surface area (Å²) in [5.41, 5.74) is 2.46. The first-order chi connectivity index (χ1) is 31.8. The lowest BCUT2D eigenvalue weighted by Gasteiger charge is -2.41. The van der Waals surface area contributed by atoms with Gasteiger partial charge >= 0.3 is 6.18 Å². The number of carbonyl (C=O) groups excluding carboxylic acids is 5. The zero-order chi connectivity index (χ0) is 46.1. The lowest BCUT2D eigenvalue weighted by Crippen LogP contribution is -2.54. The van der Waals surface area contributed by atoms with Crippen LogP contribution in [0.3, 0.4) is 0 Å². The maximum Gasteiger partial charge on any atom is 0.417 e. The molecule has 6 aliphatic heterocycles. The summed E-state index contributed by atoms with van der Waals surface area (Å²) in [4.78, 5) is 76.5. The number of nitriles is 1. The first-order valence-electron chi connectivity index (χ1n) is 23.4. The third-order valence-corrected chi connectivity index (χ3v) is 14.7. The van der Waals surface area contributed by atoms with Crippen LogP contribution in [0.1, 0.15) is 83.2 Å². The molecular weight excluding hydrogens is 852 g/mol. The van der Waals surface area contributed by atoms with E-state index in [1.807, 2.05) is 23.1 Å². The Morgan fingerprint density at radius 3 is 1.73 bits per heavy atom. The van der Waals surface area contributed by atoms with Crippen LogP contribution in [0.2, 0.25) is 0 Å². The van der Waals surface area contributed by atoms with E-state index in [1.54, 1.807) is 18.2 Å². The summed E-state index contributed by atoms with van der Waals surface area (Å²) in [6.45, 7) is 11.1. The van der Waals surface area contributed by atoms with E-state index in [4.69, 9.17) is 5.26 Å². The van der Waals surface area contributed by atoms with E-state index in [1.165, 1.54) is 12.1 Å². The third-order valence-electron chi connectivity index (χ3n) is 14.7. The molecule has 17 heteroatoms. The number of nitrogens with one attached hydrogen (secondary N) is 2. The number of nitrogens with zero attached hydrogens (tertiary/aromatic N) is 7. The SMILES string of the molecule is N#Cc1ccc(N2CCC(C(=O)Nc3ccc(N4CCC(CN5CCN(CC6CCN(c7ccc8c(c7)C(=O)N(C7CCC(=O)NC7=O)C8=O)CC6)CC5)CC4)cc3)CC2)cc1C(F)(F)F. The van der Waals surface area contributed by atoms with E-state index >= 15 is 0 Å². The second-order valence-corrected chi connectivity index (χ2v) is 18.8. The molecule has 0 spiro atoms. The Balaban J connectivity index is 0.661. The van der Waals surface area contributed by atoms with Crippen molar-refractivity contribution in [3.05, 3.63) is 82.9 Å². The molecule has 14 nitrogen and oxygen atoms in total. The number of rotatable bonds is 10. The molecule has 2 N–H and O–H groups in total. The number of halogens is 3. The van der Waals surface area contributed by atoms with Gasteiger partial charge in [0.15, 0.2) is 0 Å². The molecule has 9 rings (SSSR count). The van der Waals surface area contributed by atoms with Crippen LogP contribution >= 0.6 is 0 Å². The van der Waals surface area contributed by atoms with Gasteiger partial charge < -0.3 is 29.8 Å². The highest BCUT2D eigenvalue weighted by molar-refractivity contribution is 6.23. The van der Waals surface area contributed by atoms with Crippen molar-refractivity contribution < 1.29 is 37.1 Å². The maximum atomic E-state index is 13.5. The summed E-state index contributed by atoms with van der Waals surface area (Å²) in [7, 11) is 0. The predicted octanol–water partition coefficient (Wildman–Crippen LogP) is 5.58. The van der Waals surface area contributed by atoms with Crippen LogP contribution in [-0.2, 0) is 20.6 Å². The van der Waals surface area contributed by atoms with Crippen LogP contribution in [-0.4, -0.2) is 129 Å². The van der Waals surface area contributed by atoms with Crippen LogP contribution in [0.25, 0.3) is 0 Å². The minimum atomic E-state index is -4.62. The number of hydrogen-bond acceptors (Lipinski definition) is 11. The lowest BCUT2D eigenvalue weighted by molar-refractivity contribution is -0.138. The van der Waals surface area contributed by atoms with Gasteiger partial charge in [0.05, 0.1) is 28.3 Å². The highest BCUT2D eigenvalue weighted by Gasteiger charge is 2.45. The van der Waals surface area contributed by atoms with Crippen LogP contribution < -0.4 is 25.3 Å². The average Bonchev–Trinajstić information content (AvgIpc) is 3.57. The Labute approximate surface area is 382 Å². The molecule has 0 aromatic heterocycles. The van der Waals surface area contributed by atoms with Crippen LogP contribution in [0.5, 0.6) is 0 Å². The zero-order valence-corrected chi connectivity index (χ0v) is 37.0. The first-order valence-corrected chi connectivity index (χ1v) is 23.4. The number of piperidine rings is 4. The minimum Gasteiger partial charge on any atom is -0.372 e. The van der Waals surface area contributed by atoms with Gasteiger partial charge in [0.25, 0.3) is 11.8 Å². The number of amides is 5. The van der Waals surface area contributed by atoms with Gasteiger partial charge in [0.2, 0.25) is 17.7 Å². The topological polar surface area (TPSA) is 153 Å². The highest BCUT2D eigenvalue weighted by atomic mass is 19.4.